The van der Waals surface area contributed by atoms with E-state index in [1.54, 1.807) is 18.2 Å². The van der Waals surface area contributed by atoms with Gasteiger partial charge in [-0.1, -0.05) is 32.4 Å². The first-order chi connectivity index (χ1) is 8.48. The van der Waals surface area contributed by atoms with E-state index in [2.05, 4.69) is 38.7 Å². The molecule has 0 saturated carbocycles. The van der Waals surface area contributed by atoms with E-state index in [1.807, 2.05) is 0 Å². The lowest BCUT2D eigenvalue weighted by Crippen LogP contribution is -2.47. The van der Waals surface area contributed by atoms with E-state index >= 15 is 0 Å². The molecule has 0 unspecified atom stereocenters. The average molecular weight is 286 g/mol. The van der Waals surface area contributed by atoms with Gasteiger partial charge in [0.15, 0.2) is 0 Å². The molecule has 1 amide bonds. The lowest BCUT2D eigenvalue weighted by molar-refractivity contribution is 0.0888. The van der Waals surface area contributed by atoms with Crippen LogP contribution < -0.4 is 5.32 Å². The number of carbonyl (C=O) groups is 1. The van der Waals surface area contributed by atoms with E-state index in [1.165, 1.54) is 0 Å². The summed E-state index contributed by atoms with van der Waals surface area (Å²) in [5.74, 6) is -0.124. The fourth-order valence-corrected chi connectivity index (χ4v) is 2.42. The maximum absolute atomic E-state index is 12.3. The Morgan fingerprint density at radius 1 is 1.28 bits per heavy atom. The van der Waals surface area contributed by atoms with Crippen molar-refractivity contribution in [1.29, 1.82) is 0 Å². The lowest BCUT2D eigenvalue weighted by atomic mass is 9.89. The van der Waals surface area contributed by atoms with E-state index in [0.29, 0.717) is 10.6 Å². The van der Waals surface area contributed by atoms with Gasteiger partial charge in [-0.2, -0.15) is 0 Å². The summed E-state index contributed by atoms with van der Waals surface area (Å²) >= 11 is 10.3. The van der Waals surface area contributed by atoms with Crippen LogP contribution in [-0.4, -0.2) is 11.4 Å². The second kappa shape index (κ2) is 6.48. The van der Waals surface area contributed by atoms with Gasteiger partial charge in [0.1, 0.15) is 0 Å². The second-order valence-electron chi connectivity index (χ2n) is 4.46. The number of benzene rings is 1. The molecule has 18 heavy (non-hydrogen) atoms. The molecule has 0 aliphatic rings. The summed E-state index contributed by atoms with van der Waals surface area (Å²) in [5, 5.41) is 3.57. The first kappa shape index (κ1) is 15.4. The molecule has 100 valence electrons. The third-order valence-electron chi connectivity index (χ3n) is 3.60. The SMILES string of the molecule is CCC(CC)(CC)NC(=O)c1cc(S)ccc1Cl. The number of rotatable bonds is 5. The van der Waals surface area contributed by atoms with Crippen LogP contribution in [0.4, 0.5) is 0 Å². The van der Waals surface area contributed by atoms with E-state index in [0.717, 1.165) is 24.2 Å². The van der Waals surface area contributed by atoms with Crippen LogP contribution >= 0.6 is 24.2 Å². The molecule has 1 rings (SSSR count). The summed E-state index contributed by atoms with van der Waals surface area (Å²) in [4.78, 5) is 13.0. The van der Waals surface area contributed by atoms with Crippen LogP contribution in [-0.2, 0) is 0 Å². The van der Waals surface area contributed by atoms with E-state index in [9.17, 15) is 4.79 Å². The monoisotopic (exact) mass is 285 g/mol. The van der Waals surface area contributed by atoms with Gasteiger partial charge >= 0.3 is 0 Å². The average Bonchev–Trinajstić information content (AvgIpc) is 2.38. The smallest absolute Gasteiger partial charge is 0.253 e. The predicted molar refractivity (Wildman–Crippen MR) is 79.8 cm³/mol. The van der Waals surface area contributed by atoms with Crippen molar-refractivity contribution in [1.82, 2.24) is 5.32 Å². The van der Waals surface area contributed by atoms with Crippen molar-refractivity contribution in [3.8, 4) is 0 Å². The van der Waals surface area contributed by atoms with Gasteiger partial charge in [-0.25, -0.2) is 0 Å². The number of hydrogen-bond donors (Lipinski definition) is 2. The summed E-state index contributed by atoms with van der Waals surface area (Å²) in [6, 6.07) is 5.17. The summed E-state index contributed by atoms with van der Waals surface area (Å²) in [7, 11) is 0. The first-order valence-electron chi connectivity index (χ1n) is 6.29. The summed E-state index contributed by atoms with van der Waals surface area (Å²) in [6.07, 6.45) is 2.72. The fourth-order valence-electron chi connectivity index (χ4n) is 2.01. The van der Waals surface area contributed by atoms with Crippen LogP contribution in [0.25, 0.3) is 0 Å². The van der Waals surface area contributed by atoms with Crippen molar-refractivity contribution < 1.29 is 4.79 Å². The van der Waals surface area contributed by atoms with Crippen molar-refractivity contribution in [2.75, 3.05) is 0 Å². The molecule has 0 bridgehead atoms. The molecule has 0 radical (unpaired) electrons. The molecular weight excluding hydrogens is 266 g/mol. The van der Waals surface area contributed by atoms with Crippen molar-refractivity contribution >= 4 is 30.1 Å². The molecule has 1 aromatic rings. The Labute approximate surface area is 120 Å². The normalized spacial score (nSPS) is 11.4. The number of halogens is 1. The van der Waals surface area contributed by atoms with Crippen LogP contribution in [0.15, 0.2) is 23.1 Å². The Bertz CT molecular complexity index is 422. The number of hydrogen-bond acceptors (Lipinski definition) is 2. The Kier molecular flexibility index (Phi) is 5.54. The molecule has 1 N–H and O–H groups in total. The molecule has 0 heterocycles. The predicted octanol–water partition coefficient (Wildman–Crippen LogP) is 4.33. The maximum atomic E-state index is 12.3. The molecule has 1 aromatic carbocycles. The van der Waals surface area contributed by atoms with Crippen LogP contribution in [0.2, 0.25) is 5.02 Å². The molecule has 4 heteroatoms. The number of thiol groups is 1. The second-order valence-corrected chi connectivity index (χ2v) is 5.38. The summed E-state index contributed by atoms with van der Waals surface area (Å²) in [6.45, 7) is 6.26. The van der Waals surface area contributed by atoms with Crippen molar-refractivity contribution in [3.05, 3.63) is 28.8 Å². The Morgan fingerprint density at radius 2 is 1.83 bits per heavy atom. The molecule has 0 fully saturated rings. The molecule has 0 saturated heterocycles. The van der Waals surface area contributed by atoms with Crippen LogP contribution in [0.5, 0.6) is 0 Å². The van der Waals surface area contributed by atoms with Gasteiger partial charge in [0.05, 0.1) is 10.6 Å². The largest absolute Gasteiger partial charge is 0.347 e. The Morgan fingerprint density at radius 3 is 2.33 bits per heavy atom. The van der Waals surface area contributed by atoms with Gasteiger partial charge < -0.3 is 5.32 Å². The van der Waals surface area contributed by atoms with Crippen molar-refractivity contribution in [3.63, 3.8) is 0 Å². The lowest BCUT2D eigenvalue weighted by Gasteiger charge is -2.32. The zero-order valence-electron chi connectivity index (χ0n) is 11.1. The highest BCUT2D eigenvalue weighted by Crippen LogP contribution is 2.23. The highest BCUT2D eigenvalue weighted by Gasteiger charge is 2.27. The fraction of sp³-hybridized carbons (Fsp3) is 0.500. The third kappa shape index (κ3) is 3.42. The van der Waals surface area contributed by atoms with E-state index in [-0.39, 0.29) is 11.4 Å². The number of carbonyl (C=O) groups excluding carboxylic acids is 1. The van der Waals surface area contributed by atoms with Gasteiger partial charge in [-0.05, 0) is 37.5 Å². The van der Waals surface area contributed by atoms with E-state index < -0.39 is 0 Å². The quantitative estimate of drug-likeness (QED) is 0.775. The minimum absolute atomic E-state index is 0.124. The van der Waals surface area contributed by atoms with Gasteiger partial charge in [0.25, 0.3) is 5.91 Å². The Hall–Kier alpha value is -0.670. The molecule has 0 aromatic heterocycles. The van der Waals surface area contributed by atoms with Crippen LogP contribution in [0, 0.1) is 0 Å². The van der Waals surface area contributed by atoms with Gasteiger partial charge in [0.2, 0.25) is 0 Å². The minimum atomic E-state index is -0.146. The molecule has 0 spiro atoms. The van der Waals surface area contributed by atoms with Gasteiger partial charge in [0, 0.05) is 10.4 Å². The first-order valence-corrected chi connectivity index (χ1v) is 7.11. The van der Waals surface area contributed by atoms with Crippen LogP contribution in [0.1, 0.15) is 50.4 Å². The van der Waals surface area contributed by atoms with Crippen molar-refractivity contribution in [2.24, 2.45) is 0 Å². The third-order valence-corrected chi connectivity index (χ3v) is 4.21. The molecule has 0 aliphatic carbocycles. The van der Waals surface area contributed by atoms with E-state index in [4.69, 9.17) is 11.6 Å². The Balaban J connectivity index is 2.97. The van der Waals surface area contributed by atoms with Gasteiger partial charge in [-0.15, -0.1) is 12.6 Å². The highest BCUT2D eigenvalue weighted by molar-refractivity contribution is 7.80. The molecule has 2 nitrogen and oxygen atoms in total. The minimum Gasteiger partial charge on any atom is -0.347 e. The molecule has 0 aliphatic heterocycles. The van der Waals surface area contributed by atoms with Crippen LogP contribution in [0.3, 0.4) is 0 Å². The summed E-state index contributed by atoms with van der Waals surface area (Å²) < 4.78 is 0. The maximum Gasteiger partial charge on any atom is 0.253 e. The zero-order chi connectivity index (χ0) is 13.8. The number of nitrogens with one attached hydrogen (secondary N) is 1. The zero-order valence-corrected chi connectivity index (χ0v) is 12.7. The topological polar surface area (TPSA) is 29.1 Å². The van der Waals surface area contributed by atoms with Gasteiger partial charge in [-0.3, -0.25) is 4.79 Å². The molecular formula is C14H20ClNOS. The highest BCUT2D eigenvalue weighted by atomic mass is 35.5. The van der Waals surface area contributed by atoms with Crippen molar-refractivity contribution in [2.45, 2.75) is 50.5 Å². The molecule has 0 atom stereocenters. The number of amides is 1. The summed E-state index contributed by atoms with van der Waals surface area (Å²) in [5.41, 5.74) is 0.344. The standard InChI is InChI=1S/C14H20ClNOS/c1-4-14(5-2,6-3)16-13(17)11-9-10(18)7-8-12(11)15/h7-9,18H,4-6H2,1-3H3,(H,16,17).